The lowest BCUT2D eigenvalue weighted by atomic mass is 9.87. The summed E-state index contributed by atoms with van der Waals surface area (Å²) in [5.41, 5.74) is 0.0808. The fourth-order valence-electron chi connectivity index (χ4n) is 1.12. The molecule has 2 atom stereocenters. The van der Waals surface area contributed by atoms with Gasteiger partial charge >= 0.3 is 5.97 Å². The molecule has 0 saturated carbocycles. The van der Waals surface area contributed by atoms with E-state index in [9.17, 15) is 4.79 Å². The number of hydrogen-bond donors (Lipinski definition) is 1. The number of alkyl halides is 1. The summed E-state index contributed by atoms with van der Waals surface area (Å²) in [6.45, 7) is 3.66. The second-order valence-corrected chi connectivity index (χ2v) is 4.54. The van der Waals surface area contributed by atoms with Crippen molar-refractivity contribution in [2.24, 2.45) is 5.92 Å². The van der Waals surface area contributed by atoms with Gasteiger partial charge in [-0.25, -0.2) is 4.79 Å². The minimum Gasteiger partial charge on any atom is -0.478 e. The van der Waals surface area contributed by atoms with Crippen molar-refractivity contribution < 1.29 is 9.90 Å². The van der Waals surface area contributed by atoms with Crippen molar-refractivity contribution >= 4 is 29.2 Å². The van der Waals surface area contributed by atoms with Crippen LogP contribution in [-0.4, -0.2) is 16.0 Å². The SMILES string of the molecule is CC1C=C(Cl)C(C(=O)O)=CC1(C)Cl. The highest BCUT2D eigenvalue weighted by Crippen LogP contribution is 2.37. The van der Waals surface area contributed by atoms with Gasteiger partial charge in [-0.2, -0.15) is 0 Å². The van der Waals surface area contributed by atoms with Crippen LogP contribution in [0, 0.1) is 5.92 Å². The van der Waals surface area contributed by atoms with Crippen LogP contribution in [0.15, 0.2) is 22.8 Å². The van der Waals surface area contributed by atoms with Gasteiger partial charge in [0.1, 0.15) is 0 Å². The summed E-state index contributed by atoms with van der Waals surface area (Å²) in [7, 11) is 0. The lowest BCUT2D eigenvalue weighted by Gasteiger charge is -2.28. The molecule has 0 radical (unpaired) electrons. The zero-order valence-corrected chi connectivity index (χ0v) is 8.86. The van der Waals surface area contributed by atoms with Crippen LogP contribution in [0.4, 0.5) is 0 Å². The van der Waals surface area contributed by atoms with Crippen molar-refractivity contribution in [3.63, 3.8) is 0 Å². The van der Waals surface area contributed by atoms with Gasteiger partial charge < -0.3 is 5.11 Å². The van der Waals surface area contributed by atoms with Crippen molar-refractivity contribution in [3.05, 3.63) is 22.8 Å². The minimum absolute atomic E-state index is 0.0322. The number of aliphatic carboxylic acids is 1. The van der Waals surface area contributed by atoms with Crippen molar-refractivity contribution in [1.29, 1.82) is 0 Å². The molecule has 0 aliphatic heterocycles. The van der Waals surface area contributed by atoms with Gasteiger partial charge in [0.05, 0.1) is 15.5 Å². The molecule has 72 valence electrons. The predicted octanol–water partition coefficient (Wildman–Crippen LogP) is 2.77. The van der Waals surface area contributed by atoms with Gasteiger partial charge in [0.2, 0.25) is 0 Å². The third-order valence-electron chi connectivity index (χ3n) is 2.20. The molecule has 0 spiro atoms. The summed E-state index contributed by atoms with van der Waals surface area (Å²) in [5, 5.41) is 9.04. The van der Waals surface area contributed by atoms with E-state index in [1.54, 1.807) is 13.0 Å². The normalized spacial score (nSPS) is 33.7. The first-order chi connectivity index (χ1) is 5.84. The maximum absolute atomic E-state index is 10.7. The summed E-state index contributed by atoms with van der Waals surface area (Å²) >= 11 is 11.8. The van der Waals surface area contributed by atoms with Gasteiger partial charge in [-0.15, -0.1) is 11.6 Å². The standard InChI is InChI=1S/C9H10Cl2O2/c1-5-3-7(10)6(8(12)13)4-9(5,2)11/h3-5H,1-2H3,(H,12,13). The van der Waals surface area contributed by atoms with Crippen LogP contribution in [0.5, 0.6) is 0 Å². The lowest BCUT2D eigenvalue weighted by Crippen LogP contribution is -2.27. The second kappa shape index (κ2) is 3.35. The van der Waals surface area contributed by atoms with E-state index in [-0.39, 0.29) is 16.5 Å². The number of carboxylic acids is 1. The number of carboxylic acid groups (broad SMARTS) is 1. The molecule has 0 amide bonds. The van der Waals surface area contributed by atoms with E-state index in [4.69, 9.17) is 28.3 Å². The summed E-state index contributed by atoms with van der Waals surface area (Å²) in [6.07, 6.45) is 3.15. The summed E-state index contributed by atoms with van der Waals surface area (Å²) in [4.78, 5) is 10.0. The van der Waals surface area contributed by atoms with Gasteiger partial charge in [0.25, 0.3) is 0 Å². The molecule has 2 unspecified atom stereocenters. The van der Waals surface area contributed by atoms with Gasteiger partial charge in [-0.1, -0.05) is 24.6 Å². The van der Waals surface area contributed by atoms with Crippen LogP contribution in [0.3, 0.4) is 0 Å². The van der Waals surface area contributed by atoms with E-state index in [0.29, 0.717) is 0 Å². The van der Waals surface area contributed by atoms with Crippen molar-refractivity contribution in [2.75, 3.05) is 0 Å². The Bertz CT molecular complexity index is 303. The van der Waals surface area contributed by atoms with E-state index in [0.717, 1.165) is 0 Å². The molecule has 0 aromatic carbocycles. The first-order valence-corrected chi connectivity index (χ1v) is 4.63. The molecule has 0 saturated heterocycles. The average Bonchev–Trinajstić information content (AvgIpc) is 1.97. The van der Waals surface area contributed by atoms with Crippen LogP contribution in [0.2, 0.25) is 0 Å². The molecule has 0 bridgehead atoms. The molecule has 1 rings (SSSR count). The molecular weight excluding hydrogens is 211 g/mol. The first-order valence-electron chi connectivity index (χ1n) is 3.87. The predicted molar refractivity (Wildman–Crippen MR) is 53.1 cm³/mol. The quantitative estimate of drug-likeness (QED) is 0.691. The molecule has 1 aliphatic carbocycles. The van der Waals surface area contributed by atoms with E-state index in [1.165, 1.54) is 6.08 Å². The van der Waals surface area contributed by atoms with Gasteiger partial charge in [0, 0.05) is 0 Å². The Balaban J connectivity index is 3.11. The Morgan fingerprint density at radius 3 is 2.69 bits per heavy atom. The Kier molecular flexibility index (Phi) is 2.74. The molecule has 4 heteroatoms. The van der Waals surface area contributed by atoms with Gasteiger partial charge in [-0.3, -0.25) is 0 Å². The molecule has 1 N–H and O–H groups in total. The fourth-order valence-corrected chi connectivity index (χ4v) is 1.62. The molecule has 0 aromatic rings. The monoisotopic (exact) mass is 220 g/mol. The van der Waals surface area contributed by atoms with Crippen molar-refractivity contribution in [1.82, 2.24) is 0 Å². The topological polar surface area (TPSA) is 37.3 Å². The van der Waals surface area contributed by atoms with Crippen LogP contribution < -0.4 is 0 Å². The summed E-state index contributed by atoms with van der Waals surface area (Å²) in [5.74, 6) is -1.01. The van der Waals surface area contributed by atoms with E-state index in [2.05, 4.69) is 0 Å². The second-order valence-electron chi connectivity index (χ2n) is 3.32. The van der Waals surface area contributed by atoms with Gasteiger partial charge in [0.15, 0.2) is 0 Å². The highest BCUT2D eigenvalue weighted by molar-refractivity contribution is 6.36. The molecule has 13 heavy (non-hydrogen) atoms. The number of halogens is 2. The van der Waals surface area contributed by atoms with Crippen LogP contribution in [0.1, 0.15) is 13.8 Å². The number of allylic oxidation sites excluding steroid dienone is 2. The fraction of sp³-hybridized carbons (Fsp3) is 0.444. The molecule has 2 nitrogen and oxygen atoms in total. The average molecular weight is 221 g/mol. The number of hydrogen-bond acceptors (Lipinski definition) is 1. The Morgan fingerprint density at radius 1 is 1.69 bits per heavy atom. The van der Waals surface area contributed by atoms with Crippen LogP contribution in [-0.2, 0) is 4.79 Å². The van der Waals surface area contributed by atoms with Crippen LogP contribution in [0.25, 0.3) is 0 Å². The van der Waals surface area contributed by atoms with Crippen molar-refractivity contribution in [2.45, 2.75) is 18.7 Å². The molecular formula is C9H10Cl2O2. The summed E-state index contributed by atoms with van der Waals surface area (Å²) in [6, 6.07) is 0. The maximum atomic E-state index is 10.7. The Hall–Kier alpha value is -0.470. The van der Waals surface area contributed by atoms with E-state index >= 15 is 0 Å². The lowest BCUT2D eigenvalue weighted by molar-refractivity contribution is -0.132. The molecule has 0 aromatic heterocycles. The smallest absolute Gasteiger partial charge is 0.336 e. The highest BCUT2D eigenvalue weighted by Gasteiger charge is 2.32. The van der Waals surface area contributed by atoms with Crippen molar-refractivity contribution in [3.8, 4) is 0 Å². The Morgan fingerprint density at radius 2 is 2.23 bits per heavy atom. The molecule has 1 aliphatic rings. The number of carbonyl (C=O) groups is 1. The third kappa shape index (κ3) is 2.06. The third-order valence-corrected chi connectivity index (χ3v) is 2.98. The Labute approximate surface area is 86.8 Å². The van der Waals surface area contributed by atoms with E-state index in [1.807, 2.05) is 6.92 Å². The molecule has 0 fully saturated rings. The first kappa shape index (κ1) is 10.6. The van der Waals surface area contributed by atoms with Gasteiger partial charge in [-0.05, 0) is 18.9 Å². The molecule has 0 heterocycles. The largest absolute Gasteiger partial charge is 0.478 e. The highest BCUT2D eigenvalue weighted by atomic mass is 35.5. The van der Waals surface area contributed by atoms with E-state index < -0.39 is 10.8 Å². The number of rotatable bonds is 1. The maximum Gasteiger partial charge on any atom is 0.336 e. The van der Waals surface area contributed by atoms with Crippen LogP contribution >= 0.6 is 23.2 Å². The summed E-state index contributed by atoms with van der Waals surface area (Å²) < 4.78 is 0. The zero-order chi connectivity index (χ0) is 10.2. The zero-order valence-electron chi connectivity index (χ0n) is 7.34. The minimum atomic E-state index is -1.04.